The number of aliphatic imine (C=N–C) groups is 1. The lowest BCUT2D eigenvalue weighted by Crippen LogP contribution is -2.51. The van der Waals surface area contributed by atoms with Gasteiger partial charge >= 0.3 is 0 Å². The van der Waals surface area contributed by atoms with Gasteiger partial charge in [0.1, 0.15) is 11.4 Å². The fourth-order valence-corrected chi connectivity index (χ4v) is 6.54. The van der Waals surface area contributed by atoms with Gasteiger partial charge in [0.25, 0.3) is 5.91 Å². The molecular weight excluding hydrogens is 554 g/mol. The van der Waals surface area contributed by atoms with Crippen LogP contribution in [0.15, 0.2) is 52.9 Å². The first-order chi connectivity index (χ1) is 20.8. The maximum absolute atomic E-state index is 14.4. The minimum absolute atomic E-state index is 0.0745. The Bertz CT molecular complexity index is 1380. The van der Waals surface area contributed by atoms with Gasteiger partial charge in [-0.05, 0) is 66.4 Å². The molecule has 0 radical (unpaired) electrons. The molecule has 1 fully saturated rings. The fourth-order valence-electron chi connectivity index (χ4n) is 6.54. The molecule has 11 nitrogen and oxygen atoms in total. The van der Waals surface area contributed by atoms with Crippen LogP contribution < -0.4 is 21.8 Å². The van der Waals surface area contributed by atoms with Crippen LogP contribution in [0.5, 0.6) is 0 Å². The van der Waals surface area contributed by atoms with Crippen molar-refractivity contribution in [2.75, 3.05) is 6.54 Å². The summed E-state index contributed by atoms with van der Waals surface area (Å²) in [5, 5.41) is 6.86. The van der Waals surface area contributed by atoms with Gasteiger partial charge < -0.3 is 10.2 Å². The number of benzene rings is 1. The zero-order valence-corrected chi connectivity index (χ0v) is 26.9. The molecule has 3 heterocycles. The normalized spacial score (nSPS) is 22.7. The van der Waals surface area contributed by atoms with Crippen LogP contribution in [-0.4, -0.2) is 50.4 Å². The molecule has 1 aromatic heterocycles. The number of hydrazine groups is 2. The molecule has 0 saturated heterocycles. The van der Waals surface area contributed by atoms with Gasteiger partial charge in [0.15, 0.2) is 11.5 Å². The van der Waals surface area contributed by atoms with Crippen LogP contribution in [0, 0.1) is 16.7 Å². The first kappa shape index (κ1) is 31.6. The lowest BCUT2D eigenvalue weighted by molar-refractivity contribution is -0.134. The van der Waals surface area contributed by atoms with E-state index in [-0.39, 0.29) is 35.1 Å². The second-order valence-electron chi connectivity index (χ2n) is 14.6. The van der Waals surface area contributed by atoms with Gasteiger partial charge in [-0.2, -0.15) is 0 Å². The number of hydrazone groups is 1. The number of amides is 2. The van der Waals surface area contributed by atoms with Crippen molar-refractivity contribution in [2.24, 2.45) is 26.8 Å². The molecule has 4 N–H and O–H groups in total. The summed E-state index contributed by atoms with van der Waals surface area (Å²) >= 11 is 0. The number of nitrogens with one attached hydrogen (secondary N) is 4. The lowest BCUT2D eigenvalue weighted by Gasteiger charge is -2.47. The van der Waals surface area contributed by atoms with E-state index in [9.17, 15) is 9.59 Å². The molecule has 44 heavy (non-hydrogen) atoms. The van der Waals surface area contributed by atoms with Crippen molar-refractivity contribution in [2.45, 2.75) is 98.2 Å². The van der Waals surface area contributed by atoms with E-state index >= 15 is 0 Å². The molecular formula is C33H47N9O2. The summed E-state index contributed by atoms with van der Waals surface area (Å²) in [5.41, 5.74) is 10.6. The molecule has 2 aromatic rings. The molecule has 1 aromatic carbocycles. The molecule has 2 aliphatic heterocycles. The standard InChI is InChI=1S/C33H47N9O2/c1-31(2,3)14-13-26(23-9-7-22(8-10-23)19-28(43)36-21-27-38-40-41-39-27)42-30(44)29(25-20-34-17-18-35-25)37-33(42)15-11-24(12-16-33)32(4,5)6/h7-10,17-18,20,24,26,40-41H,11-16,19,21H2,1-6H3,(H,36,43)(H,38,39). The van der Waals surface area contributed by atoms with Gasteiger partial charge in [0.2, 0.25) is 5.91 Å². The zero-order chi connectivity index (χ0) is 31.5. The van der Waals surface area contributed by atoms with Crippen LogP contribution in [0.4, 0.5) is 0 Å². The molecule has 1 atom stereocenters. The Kier molecular flexibility index (Phi) is 9.06. The number of hydrogen-bond donors (Lipinski definition) is 4. The van der Waals surface area contributed by atoms with Crippen molar-refractivity contribution >= 4 is 23.4 Å². The Morgan fingerprint density at radius 2 is 1.82 bits per heavy atom. The molecule has 236 valence electrons. The van der Waals surface area contributed by atoms with Crippen LogP contribution in [0.2, 0.25) is 0 Å². The minimum Gasteiger partial charge on any atom is -0.348 e. The van der Waals surface area contributed by atoms with E-state index < -0.39 is 5.66 Å². The van der Waals surface area contributed by atoms with Crippen molar-refractivity contribution in [3.63, 3.8) is 0 Å². The van der Waals surface area contributed by atoms with Crippen LogP contribution in [0.25, 0.3) is 0 Å². The minimum atomic E-state index is -0.618. The van der Waals surface area contributed by atoms with Gasteiger partial charge in [0, 0.05) is 12.4 Å². The predicted molar refractivity (Wildman–Crippen MR) is 171 cm³/mol. The summed E-state index contributed by atoms with van der Waals surface area (Å²) in [4.78, 5) is 43.1. The van der Waals surface area contributed by atoms with E-state index in [2.05, 4.69) is 95.5 Å². The third-order valence-corrected chi connectivity index (χ3v) is 9.12. The summed E-state index contributed by atoms with van der Waals surface area (Å²) in [6.45, 7) is 13.9. The lowest BCUT2D eigenvalue weighted by atomic mass is 9.69. The third-order valence-electron chi connectivity index (χ3n) is 9.12. The largest absolute Gasteiger partial charge is 0.348 e. The maximum Gasteiger partial charge on any atom is 0.276 e. The number of nitrogens with zero attached hydrogens (tertiary/aromatic N) is 5. The van der Waals surface area contributed by atoms with Crippen LogP contribution in [0.3, 0.4) is 0 Å². The monoisotopic (exact) mass is 601 g/mol. The Hall–Kier alpha value is -3.86. The second kappa shape index (κ2) is 12.6. The molecule has 0 bridgehead atoms. The van der Waals surface area contributed by atoms with Crippen molar-refractivity contribution in [1.82, 2.24) is 36.7 Å². The first-order valence-electron chi connectivity index (χ1n) is 15.7. The number of carbonyl (C=O) groups excluding carboxylic acids is 2. The highest BCUT2D eigenvalue weighted by Crippen LogP contribution is 2.50. The Labute approximate surface area is 260 Å². The van der Waals surface area contributed by atoms with E-state index in [0.29, 0.717) is 29.7 Å². The Morgan fingerprint density at radius 3 is 2.41 bits per heavy atom. The number of aromatic nitrogens is 2. The van der Waals surface area contributed by atoms with Crippen LogP contribution in [0.1, 0.15) is 103 Å². The van der Waals surface area contributed by atoms with Gasteiger partial charge in [-0.15, -0.1) is 10.6 Å². The number of rotatable bonds is 9. The fraction of sp³-hybridized carbons (Fsp3) is 0.576. The molecule has 2 amide bonds. The molecule has 1 unspecified atom stereocenters. The van der Waals surface area contributed by atoms with Gasteiger partial charge in [-0.1, -0.05) is 65.8 Å². The first-order valence-corrected chi connectivity index (χ1v) is 15.7. The molecule has 11 heteroatoms. The van der Waals surface area contributed by atoms with Gasteiger partial charge in [-0.25, -0.2) is 10.5 Å². The van der Waals surface area contributed by atoms with Crippen molar-refractivity contribution < 1.29 is 9.59 Å². The summed E-state index contributed by atoms with van der Waals surface area (Å²) in [6.07, 6.45) is 10.5. The summed E-state index contributed by atoms with van der Waals surface area (Å²) in [6, 6.07) is 7.99. The molecule has 1 spiro atoms. The van der Waals surface area contributed by atoms with Crippen molar-refractivity contribution in [1.29, 1.82) is 0 Å². The van der Waals surface area contributed by atoms with Crippen molar-refractivity contribution in [3.8, 4) is 0 Å². The highest BCUT2D eigenvalue weighted by Gasteiger charge is 2.53. The van der Waals surface area contributed by atoms with E-state index in [4.69, 9.17) is 4.99 Å². The van der Waals surface area contributed by atoms with Crippen LogP contribution in [-0.2, 0) is 16.0 Å². The van der Waals surface area contributed by atoms with Gasteiger partial charge in [0.05, 0.1) is 25.2 Å². The summed E-state index contributed by atoms with van der Waals surface area (Å²) < 4.78 is 0. The Balaban J connectivity index is 1.43. The number of hydrogen-bond acceptors (Lipinski definition) is 9. The number of amidine groups is 1. The third kappa shape index (κ3) is 7.26. The molecule has 3 aliphatic rings. The van der Waals surface area contributed by atoms with E-state index in [0.717, 1.165) is 49.7 Å². The predicted octanol–water partition coefficient (Wildman–Crippen LogP) is 4.19. The molecule has 1 aliphatic carbocycles. The highest BCUT2D eigenvalue weighted by molar-refractivity contribution is 6.46. The Morgan fingerprint density at radius 1 is 1.09 bits per heavy atom. The number of carbonyl (C=O) groups is 2. The quantitative estimate of drug-likeness (QED) is 0.338. The average Bonchev–Trinajstić information content (AvgIpc) is 3.60. The van der Waals surface area contributed by atoms with Crippen molar-refractivity contribution in [3.05, 3.63) is 59.7 Å². The van der Waals surface area contributed by atoms with E-state index in [1.807, 2.05) is 12.1 Å². The maximum atomic E-state index is 14.4. The summed E-state index contributed by atoms with van der Waals surface area (Å²) in [7, 11) is 0. The molecule has 5 rings (SSSR count). The highest BCUT2D eigenvalue weighted by atomic mass is 16.2. The smallest absolute Gasteiger partial charge is 0.276 e. The van der Waals surface area contributed by atoms with Crippen LogP contribution >= 0.6 is 0 Å². The second-order valence-corrected chi connectivity index (χ2v) is 14.6. The van der Waals surface area contributed by atoms with Gasteiger partial charge in [-0.3, -0.25) is 25.0 Å². The summed E-state index contributed by atoms with van der Waals surface area (Å²) in [5.74, 6) is 1.02. The SMILES string of the molecule is CC(C)(C)CCC(c1ccc(CC(=O)NCC2=NNNN2)cc1)N1C(=O)C(c2cnccn2)=NC12CCC(C(C)(C)C)CC2. The van der Waals surface area contributed by atoms with E-state index in [1.54, 1.807) is 18.6 Å². The molecule has 1 saturated carbocycles. The topological polar surface area (TPSA) is 136 Å². The average molecular weight is 602 g/mol. The van der Waals surface area contributed by atoms with E-state index in [1.165, 1.54) is 0 Å². The zero-order valence-electron chi connectivity index (χ0n) is 26.9.